The summed E-state index contributed by atoms with van der Waals surface area (Å²) in [6.07, 6.45) is 2.34. The number of aliphatic carboxylic acids is 1. The molecule has 10 nitrogen and oxygen atoms in total. The number of pyridine rings is 1. The number of carboxylic acids is 1. The van der Waals surface area contributed by atoms with Crippen LogP contribution in [0.1, 0.15) is 30.9 Å². The number of hydrogen-bond donors (Lipinski definition) is 4. The minimum Gasteiger partial charge on any atom is -0.481 e. The van der Waals surface area contributed by atoms with Crippen molar-refractivity contribution in [1.29, 1.82) is 0 Å². The minimum absolute atomic E-state index is 0.0491. The van der Waals surface area contributed by atoms with E-state index in [4.69, 9.17) is 0 Å². The number of rotatable bonds is 7. The molecule has 2 atom stereocenters. The minimum atomic E-state index is -1.04. The Hall–Kier alpha value is -4.47. The van der Waals surface area contributed by atoms with Crippen LogP contribution in [0, 0.1) is 5.92 Å². The maximum atomic E-state index is 13.2. The second-order valence-corrected chi connectivity index (χ2v) is 9.21. The Labute approximate surface area is 213 Å². The first kappa shape index (κ1) is 24.2. The lowest BCUT2D eigenvalue weighted by Gasteiger charge is -2.21. The van der Waals surface area contributed by atoms with E-state index in [1.54, 1.807) is 11.1 Å². The summed E-state index contributed by atoms with van der Waals surface area (Å²) in [4.78, 5) is 48.0. The summed E-state index contributed by atoms with van der Waals surface area (Å²) in [5, 5.41) is 19.6. The van der Waals surface area contributed by atoms with Crippen molar-refractivity contribution in [1.82, 2.24) is 15.6 Å². The Morgan fingerprint density at radius 2 is 2.03 bits per heavy atom. The number of benzene rings is 2. The van der Waals surface area contributed by atoms with E-state index < -0.39 is 17.9 Å². The fourth-order valence-electron chi connectivity index (χ4n) is 4.63. The highest BCUT2D eigenvalue weighted by molar-refractivity contribution is 6.01. The summed E-state index contributed by atoms with van der Waals surface area (Å²) in [5.41, 5.74) is 2.86. The molecule has 0 radical (unpaired) electrons. The van der Waals surface area contributed by atoms with Crippen LogP contribution >= 0.6 is 0 Å². The Morgan fingerprint density at radius 1 is 1.16 bits per heavy atom. The van der Waals surface area contributed by atoms with Gasteiger partial charge in [0, 0.05) is 49.0 Å². The number of aliphatic imine (C=N–C) groups is 1. The summed E-state index contributed by atoms with van der Waals surface area (Å²) in [5.74, 6) is -1.46. The van der Waals surface area contributed by atoms with Crippen molar-refractivity contribution in [3.05, 3.63) is 66.4 Å². The lowest BCUT2D eigenvalue weighted by atomic mass is 10.0. The van der Waals surface area contributed by atoms with Gasteiger partial charge in [0.1, 0.15) is 0 Å². The maximum absolute atomic E-state index is 13.2. The highest BCUT2D eigenvalue weighted by Gasteiger charge is 2.36. The Kier molecular flexibility index (Phi) is 6.98. The number of amides is 2. The lowest BCUT2D eigenvalue weighted by Crippen LogP contribution is -2.36. The SMILES string of the molecule is O=C(O)CC(NC(=O)C1CC(=O)N(c2cccc(NC3=NCCCN3)c2)C1)c1cnc2ccccc2c1. The van der Waals surface area contributed by atoms with Gasteiger partial charge in [-0.1, -0.05) is 24.3 Å². The Morgan fingerprint density at radius 3 is 2.84 bits per heavy atom. The number of anilines is 2. The summed E-state index contributed by atoms with van der Waals surface area (Å²) in [6.45, 7) is 1.82. The number of carbonyl (C=O) groups is 3. The Balaban J connectivity index is 1.29. The molecule has 2 unspecified atom stereocenters. The highest BCUT2D eigenvalue weighted by atomic mass is 16.4. The van der Waals surface area contributed by atoms with Crippen molar-refractivity contribution >= 4 is 46.0 Å². The van der Waals surface area contributed by atoms with Crippen LogP contribution in [0.25, 0.3) is 10.9 Å². The highest BCUT2D eigenvalue weighted by Crippen LogP contribution is 2.29. The number of guanidine groups is 1. The van der Waals surface area contributed by atoms with E-state index in [0.29, 0.717) is 17.2 Å². The molecule has 0 saturated carbocycles. The molecule has 1 aromatic heterocycles. The molecule has 10 heteroatoms. The lowest BCUT2D eigenvalue weighted by molar-refractivity contribution is -0.138. The first-order valence-corrected chi connectivity index (χ1v) is 12.3. The molecule has 3 aromatic rings. The van der Waals surface area contributed by atoms with Crippen LogP contribution in [0.5, 0.6) is 0 Å². The third-order valence-electron chi connectivity index (χ3n) is 6.52. The van der Waals surface area contributed by atoms with Crippen LogP contribution < -0.4 is 20.9 Å². The van der Waals surface area contributed by atoms with E-state index in [2.05, 4.69) is 25.9 Å². The predicted octanol–water partition coefficient (Wildman–Crippen LogP) is 2.68. The van der Waals surface area contributed by atoms with E-state index in [9.17, 15) is 19.5 Å². The number of para-hydroxylation sites is 1. The van der Waals surface area contributed by atoms with Crippen molar-refractivity contribution in [2.45, 2.75) is 25.3 Å². The average molecular weight is 501 g/mol. The third kappa shape index (κ3) is 5.69. The number of nitrogens with one attached hydrogen (secondary N) is 3. The Bertz CT molecular complexity index is 1370. The predicted molar refractivity (Wildman–Crippen MR) is 140 cm³/mol. The van der Waals surface area contributed by atoms with Crippen LogP contribution in [0.2, 0.25) is 0 Å². The summed E-state index contributed by atoms with van der Waals surface area (Å²) >= 11 is 0. The zero-order valence-corrected chi connectivity index (χ0v) is 20.2. The largest absolute Gasteiger partial charge is 0.481 e. The molecule has 5 rings (SSSR count). The van der Waals surface area contributed by atoms with Crippen LogP contribution in [0.4, 0.5) is 11.4 Å². The summed E-state index contributed by atoms with van der Waals surface area (Å²) in [7, 11) is 0. The van der Waals surface area contributed by atoms with Gasteiger partial charge >= 0.3 is 5.97 Å². The zero-order chi connectivity index (χ0) is 25.8. The van der Waals surface area contributed by atoms with Gasteiger partial charge in [-0.15, -0.1) is 0 Å². The van der Waals surface area contributed by atoms with Gasteiger partial charge in [0.15, 0.2) is 5.96 Å². The van der Waals surface area contributed by atoms with Gasteiger partial charge in [-0.2, -0.15) is 0 Å². The van der Waals surface area contributed by atoms with Crippen LogP contribution in [0.3, 0.4) is 0 Å². The number of hydrogen-bond acceptors (Lipinski definition) is 7. The van der Waals surface area contributed by atoms with Crippen molar-refractivity contribution in [2.75, 3.05) is 29.9 Å². The molecule has 2 amide bonds. The number of aromatic nitrogens is 1. The number of carboxylic acid groups (broad SMARTS) is 1. The van der Waals surface area contributed by atoms with Crippen molar-refractivity contribution in [3.8, 4) is 0 Å². The molecule has 0 aliphatic carbocycles. The zero-order valence-electron chi connectivity index (χ0n) is 20.2. The van der Waals surface area contributed by atoms with Gasteiger partial charge in [0.2, 0.25) is 11.8 Å². The summed E-state index contributed by atoms with van der Waals surface area (Å²) < 4.78 is 0. The number of fused-ring (bicyclic) bond motifs is 1. The van der Waals surface area contributed by atoms with E-state index in [1.807, 2.05) is 54.6 Å². The molecule has 1 fully saturated rings. The molecule has 2 aliphatic heterocycles. The van der Waals surface area contributed by atoms with Crippen LogP contribution in [0.15, 0.2) is 65.8 Å². The molecule has 1 saturated heterocycles. The van der Waals surface area contributed by atoms with Gasteiger partial charge in [-0.25, -0.2) is 0 Å². The third-order valence-corrected chi connectivity index (χ3v) is 6.52. The fraction of sp³-hybridized carbons (Fsp3) is 0.296. The average Bonchev–Trinajstić information content (AvgIpc) is 3.30. The first-order valence-electron chi connectivity index (χ1n) is 12.3. The standard InChI is InChI=1S/C27H28N6O4/c34-24-12-19(16-33(24)21-7-3-6-20(13-21)31-27-28-9-4-10-29-27)26(37)32-23(14-25(35)36)18-11-17-5-1-2-8-22(17)30-15-18/h1-3,5-8,11,13,15,19,23H,4,9-10,12,14,16H2,(H,32,37)(H,35,36)(H2,28,29,31). The van der Waals surface area contributed by atoms with Gasteiger partial charge in [0.25, 0.3) is 0 Å². The van der Waals surface area contributed by atoms with Crippen LogP contribution in [-0.4, -0.2) is 53.5 Å². The van der Waals surface area contributed by atoms with E-state index >= 15 is 0 Å². The molecule has 3 heterocycles. The molecule has 0 spiro atoms. The van der Waals surface area contributed by atoms with Crippen LogP contribution in [-0.2, 0) is 14.4 Å². The van der Waals surface area contributed by atoms with Gasteiger partial charge in [-0.05, 0) is 42.3 Å². The van der Waals surface area contributed by atoms with Crippen molar-refractivity contribution in [2.24, 2.45) is 10.9 Å². The number of nitrogens with zero attached hydrogens (tertiary/aromatic N) is 3. The van der Waals surface area contributed by atoms with E-state index in [0.717, 1.165) is 36.1 Å². The maximum Gasteiger partial charge on any atom is 0.305 e. The molecule has 190 valence electrons. The molecular formula is C27H28N6O4. The molecule has 2 aromatic carbocycles. The molecular weight excluding hydrogens is 472 g/mol. The molecule has 0 bridgehead atoms. The normalized spacial score (nSPS) is 18.2. The molecule has 37 heavy (non-hydrogen) atoms. The quantitative estimate of drug-likeness (QED) is 0.392. The molecule has 2 aliphatic rings. The summed E-state index contributed by atoms with van der Waals surface area (Å²) in [6, 6.07) is 16.0. The van der Waals surface area contributed by atoms with Crippen molar-refractivity contribution < 1.29 is 19.5 Å². The van der Waals surface area contributed by atoms with E-state index in [-0.39, 0.29) is 31.2 Å². The topological polar surface area (TPSA) is 136 Å². The van der Waals surface area contributed by atoms with Gasteiger partial charge in [-0.3, -0.25) is 24.4 Å². The van der Waals surface area contributed by atoms with Gasteiger partial charge < -0.3 is 26.0 Å². The van der Waals surface area contributed by atoms with Crippen molar-refractivity contribution in [3.63, 3.8) is 0 Å². The first-order chi connectivity index (χ1) is 18.0. The van der Waals surface area contributed by atoms with E-state index in [1.165, 1.54) is 0 Å². The van der Waals surface area contributed by atoms with Gasteiger partial charge in [0.05, 0.1) is 23.9 Å². The number of carbonyl (C=O) groups excluding carboxylic acids is 2. The smallest absolute Gasteiger partial charge is 0.305 e. The molecule has 4 N–H and O–H groups in total. The second kappa shape index (κ2) is 10.7. The monoisotopic (exact) mass is 500 g/mol. The fourth-order valence-corrected chi connectivity index (χ4v) is 4.63. The second-order valence-electron chi connectivity index (χ2n) is 9.21.